The zero-order valence-corrected chi connectivity index (χ0v) is 13.4. The summed E-state index contributed by atoms with van der Waals surface area (Å²) >= 11 is 3.42. The van der Waals surface area contributed by atoms with E-state index in [0.717, 1.165) is 23.2 Å². The van der Waals surface area contributed by atoms with Gasteiger partial charge in [-0.1, -0.05) is 22.9 Å². The van der Waals surface area contributed by atoms with E-state index in [9.17, 15) is 4.21 Å². The molecule has 102 valence electrons. The van der Waals surface area contributed by atoms with Gasteiger partial charge in [-0.05, 0) is 44.5 Å². The fraction of sp³-hybridized carbons (Fsp3) is 0.538. The molecule has 5 heteroatoms. The average Bonchev–Trinajstić information content (AvgIpc) is 2.31. The molecule has 1 aromatic carbocycles. The smallest absolute Gasteiger partial charge is 0.120 e. The van der Waals surface area contributed by atoms with Crippen molar-refractivity contribution >= 4 is 32.6 Å². The van der Waals surface area contributed by atoms with Crippen LogP contribution < -0.4 is 9.46 Å². The normalized spacial score (nSPS) is 13.1. The number of hydrogen-bond acceptors (Lipinski definition) is 2. The second kappa shape index (κ2) is 7.14. The molecule has 0 radical (unpaired) electrons. The lowest BCUT2D eigenvalue weighted by Gasteiger charge is -2.25. The first kappa shape index (κ1) is 15.5. The van der Waals surface area contributed by atoms with Crippen molar-refractivity contribution in [3.63, 3.8) is 0 Å². The molecular weight excluding hydrogens is 314 g/mol. The maximum atomic E-state index is 11.3. The SMILES string of the molecule is CCS(=O)Nc1ccc(OC(C)(C)CCBr)cc1. The van der Waals surface area contributed by atoms with E-state index >= 15 is 0 Å². The van der Waals surface area contributed by atoms with Gasteiger partial charge in [0.05, 0.1) is 0 Å². The van der Waals surface area contributed by atoms with Crippen molar-refractivity contribution in [3.8, 4) is 5.75 Å². The van der Waals surface area contributed by atoms with Crippen molar-refractivity contribution < 1.29 is 8.95 Å². The Hall–Kier alpha value is -0.550. The number of alkyl halides is 1. The molecule has 18 heavy (non-hydrogen) atoms. The van der Waals surface area contributed by atoms with E-state index in [1.807, 2.05) is 31.2 Å². The summed E-state index contributed by atoms with van der Waals surface area (Å²) in [7, 11) is -1.00. The number of hydrogen-bond donors (Lipinski definition) is 1. The van der Waals surface area contributed by atoms with Crippen molar-refractivity contribution in [1.29, 1.82) is 0 Å². The van der Waals surface area contributed by atoms with Crippen LogP contribution in [0.3, 0.4) is 0 Å². The Kier molecular flexibility index (Phi) is 6.15. The van der Waals surface area contributed by atoms with Crippen LogP contribution in [0, 0.1) is 0 Å². The fourth-order valence-electron chi connectivity index (χ4n) is 1.39. The summed E-state index contributed by atoms with van der Waals surface area (Å²) in [4.78, 5) is 0. The Morgan fingerprint density at radius 3 is 2.44 bits per heavy atom. The third-order valence-electron chi connectivity index (χ3n) is 2.44. The third kappa shape index (κ3) is 5.40. The van der Waals surface area contributed by atoms with Gasteiger partial charge in [0.2, 0.25) is 0 Å². The lowest BCUT2D eigenvalue weighted by molar-refractivity contribution is 0.107. The molecule has 1 rings (SSSR count). The molecule has 0 saturated carbocycles. The van der Waals surface area contributed by atoms with E-state index in [-0.39, 0.29) is 5.60 Å². The molecule has 0 heterocycles. The molecule has 0 aliphatic carbocycles. The Morgan fingerprint density at radius 1 is 1.33 bits per heavy atom. The zero-order valence-electron chi connectivity index (χ0n) is 11.0. The van der Waals surface area contributed by atoms with Gasteiger partial charge in [0.1, 0.15) is 22.3 Å². The average molecular weight is 334 g/mol. The number of benzene rings is 1. The van der Waals surface area contributed by atoms with Crippen LogP contribution in [0.2, 0.25) is 0 Å². The highest BCUT2D eigenvalue weighted by molar-refractivity contribution is 9.09. The summed E-state index contributed by atoms with van der Waals surface area (Å²) in [6.45, 7) is 6.00. The van der Waals surface area contributed by atoms with Crippen molar-refractivity contribution in [2.45, 2.75) is 32.8 Å². The van der Waals surface area contributed by atoms with Gasteiger partial charge < -0.3 is 9.46 Å². The molecule has 0 spiro atoms. The van der Waals surface area contributed by atoms with Crippen LogP contribution in [0.4, 0.5) is 5.69 Å². The van der Waals surface area contributed by atoms with Gasteiger partial charge in [-0.3, -0.25) is 0 Å². The van der Waals surface area contributed by atoms with E-state index in [1.165, 1.54) is 0 Å². The van der Waals surface area contributed by atoms with Crippen LogP contribution in [0.1, 0.15) is 27.2 Å². The molecule has 0 bridgehead atoms. The minimum Gasteiger partial charge on any atom is -0.488 e. The first-order valence-electron chi connectivity index (χ1n) is 5.97. The Bertz CT molecular complexity index is 392. The number of anilines is 1. The second-order valence-corrected chi connectivity index (χ2v) is 6.83. The predicted molar refractivity (Wildman–Crippen MR) is 81.9 cm³/mol. The molecule has 0 amide bonds. The minimum atomic E-state index is -1.00. The zero-order chi connectivity index (χ0) is 13.6. The van der Waals surface area contributed by atoms with Gasteiger partial charge in [-0.25, -0.2) is 4.21 Å². The Morgan fingerprint density at radius 2 is 1.94 bits per heavy atom. The number of rotatable bonds is 7. The molecule has 0 aliphatic heterocycles. The summed E-state index contributed by atoms with van der Waals surface area (Å²) in [5, 5.41) is 0.912. The predicted octanol–water partition coefficient (Wildman–Crippen LogP) is 3.72. The molecule has 0 fully saturated rings. The van der Waals surface area contributed by atoms with Crippen molar-refractivity contribution in [2.24, 2.45) is 0 Å². The number of halogens is 1. The Balaban J connectivity index is 2.63. The largest absolute Gasteiger partial charge is 0.488 e. The summed E-state index contributed by atoms with van der Waals surface area (Å²) < 4.78 is 20.2. The molecule has 3 nitrogen and oxygen atoms in total. The van der Waals surface area contributed by atoms with Crippen LogP contribution in [-0.2, 0) is 11.0 Å². The molecular formula is C13H20BrNO2S. The summed E-state index contributed by atoms with van der Waals surface area (Å²) in [5.74, 6) is 1.42. The Labute approximate surface area is 120 Å². The van der Waals surface area contributed by atoms with Crippen LogP contribution in [0.25, 0.3) is 0 Å². The molecule has 1 N–H and O–H groups in total. The first-order valence-corrected chi connectivity index (χ1v) is 8.41. The van der Waals surface area contributed by atoms with Gasteiger partial charge in [-0.2, -0.15) is 0 Å². The van der Waals surface area contributed by atoms with E-state index in [0.29, 0.717) is 5.75 Å². The molecule has 1 unspecified atom stereocenters. The summed E-state index contributed by atoms with van der Waals surface area (Å²) in [5.41, 5.74) is 0.658. The van der Waals surface area contributed by atoms with Gasteiger partial charge in [0, 0.05) is 16.8 Å². The molecule has 1 atom stereocenters. The summed E-state index contributed by atoms with van der Waals surface area (Å²) in [6.07, 6.45) is 0.937. The quantitative estimate of drug-likeness (QED) is 0.772. The highest BCUT2D eigenvalue weighted by Gasteiger charge is 2.18. The second-order valence-electron chi connectivity index (χ2n) is 4.56. The lowest BCUT2D eigenvalue weighted by Crippen LogP contribution is -2.28. The maximum absolute atomic E-state index is 11.3. The first-order chi connectivity index (χ1) is 8.46. The molecule has 0 aromatic heterocycles. The van der Waals surface area contributed by atoms with Gasteiger partial charge >= 0.3 is 0 Å². The number of nitrogens with one attached hydrogen (secondary N) is 1. The highest BCUT2D eigenvalue weighted by atomic mass is 79.9. The van der Waals surface area contributed by atoms with Gasteiger partial charge in [0.25, 0.3) is 0 Å². The highest BCUT2D eigenvalue weighted by Crippen LogP contribution is 2.23. The fourth-order valence-corrected chi connectivity index (χ4v) is 2.89. The van der Waals surface area contributed by atoms with Crippen molar-refractivity contribution in [2.75, 3.05) is 15.8 Å². The van der Waals surface area contributed by atoms with Crippen LogP contribution in [0.5, 0.6) is 5.75 Å². The van der Waals surface area contributed by atoms with E-state index in [4.69, 9.17) is 4.74 Å². The monoisotopic (exact) mass is 333 g/mol. The molecule has 0 aliphatic rings. The van der Waals surface area contributed by atoms with Crippen molar-refractivity contribution in [3.05, 3.63) is 24.3 Å². The van der Waals surface area contributed by atoms with E-state index in [2.05, 4.69) is 34.5 Å². The van der Waals surface area contributed by atoms with Crippen molar-refractivity contribution in [1.82, 2.24) is 0 Å². The lowest BCUT2D eigenvalue weighted by atomic mass is 10.1. The standard InChI is InChI=1S/C13H20BrNO2S/c1-4-18(16)15-11-5-7-12(8-6-11)17-13(2,3)9-10-14/h5-8,15H,4,9-10H2,1-3H3. The van der Waals surface area contributed by atoms with Crippen LogP contribution in [0.15, 0.2) is 24.3 Å². The number of ether oxygens (including phenoxy) is 1. The molecule has 0 saturated heterocycles. The van der Waals surface area contributed by atoms with Gasteiger partial charge in [-0.15, -0.1) is 0 Å². The van der Waals surface area contributed by atoms with Gasteiger partial charge in [0.15, 0.2) is 0 Å². The van der Waals surface area contributed by atoms with E-state index in [1.54, 1.807) is 0 Å². The third-order valence-corrected chi connectivity index (χ3v) is 3.82. The maximum Gasteiger partial charge on any atom is 0.120 e. The molecule has 1 aromatic rings. The topological polar surface area (TPSA) is 38.3 Å². The van der Waals surface area contributed by atoms with Crippen LogP contribution in [-0.4, -0.2) is 20.9 Å². The van der Waals surface area contributed by atoms with E-state index < -0.39 is 11.0 Å². The minimum absolute atomic E-state index is 0.190. The summed E-state index contributed by atoms with van der Waals surface area (Å²) in [6, 6.07) is 7.55. The van der Waals surface area contributed by atoms with Crippen LogP contribution >= 0.6 is 15.9 Å².